The Bertz CT molecular complexity index is 760. The van der Waals surface area contributed by atoms with Crippen LogP contribution in [-0.4, -0.2) is 9.55 Å². The van der Waals surface area contributed by atoms with Gasteiger partial charge in [-0.15, -0.1) is 0 Å². The van der Waals surface area contributed by atoms with Gasteiger partial charge in [0.15, 0.2) is 0 Å². The summed E-state index contributed by atoms with van der Waals surface area (Å²) in [6.45, 7) is 2.38. The van der Waals surface area contributed by atoms with E-state index in [9.17, 15) is 4.39 Å². The second kappa shape index (κ2) is 5.40. The quantitative estimate of drug-likeness (QED) is 0.745. The molecule has 0 aliphatic rings. The van der Waals surface area contributed by atoms with Gasteiger partial charge in [-0.1, -0.05) is 18.2 Å². The molecule has 2 N–H and O–H groups in total. The van der Waals surface area contributed by atoms with Crippen molar-refractivity contribution in [2.75, 3.05) is 5.73 Å². The maximum absolute atomic E-state index is 13.8. The third kappa shape index (κ3) is 2.79. The summed E-state index contributed by atoms with van der Waals surface area (Å²) in [7, 11) is 0. The van der Waals surface area contributed by atoms with Crippen molar-refractivity contribution in [1.29, 1.82) is 0 Å². The molecule has 0 fully saturated rings. The molecule has 0 amide bonds. The van der Waals surface area contributed by atoms with Crippen molar-refractivity contribution in [3.05, 3.63) is 71.8 Å². The molecule has 4 heteroatoms. The topological polar surface area (TPSA) is 43.8 Å². The number of halogens is 1. The fourth-order valence-corrected chi connectivity index (χ4v) is 2.34. The van der Waals surface area contributed by atoms with E-state index in [4.69, 9.17) is 5.73 Å². The molecule has 3 rings (SSSR count). The summed E-state index contributed by atoms with van der Waals surface area (Å²) in [5.41, 5.74) is 8.94. The Labute approximate surface area is 122 Å². The summed E-state index contributed by atoms with van der Waals surface area (Å²) in [6, 6.07) is 14.3. The number of benzene rings is 2. The van der Waals surface area contributed by atoms with Crippen molar-refractivity contribution in [2.45, 2.75) is 13.5 Å². The largest absolute Gasteiger partial charge is 0.399 e. The number of hydrogen-bond acceptors (Lipinski definition) is 2. The molecule has 3 nitrogen and oxygen atoms in total. The van der Waals surface area contributed by atoms with Gasteiger partial charge in [0.05, 0.1) is 12.2 Å². The van der Waals surface area contributed by atoms with E-state index in [1.807, 2.05) is 48.0 Å². The highest BCUT2D eigenvalue weighted by atomic mass is 19.1. The summed E-state index contributed by atoms with van der Waals surface area (Å²) >= 11 is 0. The van der Waals surface area contributed by atoms with Gasteiger partial charge in [0.1, 0.15) is 11.6 Å². The molecule has 0 saturated carbocycles. The number of aromatic nitrogens is 2. The van der Waals surface area contributed by atoms with Crippen molar-refractivity contribution in [1.82, 2.24) is 9.55 Å². The van der Waals surface area contributed by atoms with Crippen LogP contribution in [0.15, 0.2) is 54.7 Å². The lowest BCUT2D eigenvalue weighted by Crippen LogP contribution is -2.03. The molecule has 1 heterocycles. The normalized spacial score (nSPS) is 10.8. The summed E-state index contributed by atoms with van der Waals surface area (Å²) in [6.07, 6.45) is 1.93. The maximum Gasteiger partial charge on any atom is 0.140 e. The number of aryl methyl sites for hydroxylation is 1. The van der Waals surface area contributed by atoms with Gasteiger partial charge in [0.2, 0.25) is 0 Å². The van der Waals surface area contributed by atoms with Crippen LogP contribution in [0.1, 0.15) is 11.3 Å². The fraction of sp³-hybridized carbons (Fsp3) is 0.118. The Morgan fingerprint density at radius 1 is 1.10 bits per heavy atom. The fourth-order valence-electron chi connectivity index (χ4n) is 2.34. The van der Waals surface area contributed by atoms with Crippen LogP contribution in [0.3, 0.4) is 0 Å². The van der Waals surface area contributed by atoms with Gasteiger partial charge in [-0.3, -0.25) is 0 Å². The monoisotopic (exact) mass is 281 g/mol. The van der Waals surface area contributed by atoms with E-state index in [1.54, 1.807) is 12.1 Å². The molecule has 2 aromatic carbocycles. The van der Waals surface area contributed by atoms with Gasteiger partial charge in [0.25, 0.3) is 0 Å². The number of imidazole rings is 1. The molecule has 1 aromatic heterocycles. The Balaban J connectivity index is 2.00. The van der Waals surface area contributed by atoms with Crippen LogP contribution in [0.4, 0.5) is 10.1 Å². The molecule has 21 heavy (non-hydrogen) atoms. The highest BCUT2D eigenvalue weighted by Gasteiger charge is 2.10. The minimum absolute atomic E-state index is 0.202. The highest BCUT2D eigenvalue weighted by Crippen LogP contribution is 2.22. The van der Waals surface area contributed by atoms with Crippen molar-refractivity contribution < 1.29 is 4.39 Å². The van der Waals surface area contributed by atoms with Crippen LogP contribution in [-0.2, 0) is 6.54 Å². The Morgan fingerprint density at radius 3 is 2.52 bits per heavy atom. The second-order valence-corrected chi connectivity index (χ2v) is 5.05. The van der Waals surface area contributed by atoms with Crippen LogP contribution < -0.4 is 5.73 Å². The summed E-state index contributed by atoms with van der Waals surface area (Å²) in [4.78, 5) is 4.54. The zero-order valence-corrected chi connectivity index (χ0v) is 11.8. The number of nitrogens with zero attached hydrogens (tertiary/aromatic N) is 2. The minimum Gasteiger partial charge on any atom is -0.399 e. The Kier molecular flexibility index (Phi) is 3.44. The van der Waals surface area contributed by atoms with Gasteiger partial charge in [-0.05, 0) is 37.3 Å². The second-order valence-electron chi connectivity index (χ2n) is 5.05. The van der Waals surface area contributed by atoms with Crippen molar-refractivity contribution in [3.8, 4) is 11.4 Å². The first-order valence-electron chi connectivity index (χ1n) is 6.76. The van der Waals surface area contributed by atoms with Crippen molar-refractivity contribution in [3.63, 3.8) is 0 Å². The third-order valence-electron chi connectivity index (χ3n) is 3.36. The molecule has 0 bridgehead atoms. The molecule has 0 saturated heterocycles. The van der Waals surface area contributed by atoms with E-state index in [0.717, 1.165) is 17.1 Å². The van der Waals surface area contributed by atoms with E-state index in [1.165, 1.54) is 6.07 Å². The van der Waals surface area contributed by atoms with Crippen LogP contribution in [0, 0.1) is 12.7 Å². The standard InChI is InChI=1S/C17H16FN3/c1-12-10-21(11-14-4-2-3-5-16(14)18)17(20-12)13-6-8-15(19)9-7-13/h2-10H,11,19H2,1H3. The molecule has 0 unspecified atom stereocenters. The van der Waals surface area contributed by atoms with Gasteiger partial charge in [0, 0.05) is 23.0 Å². The molecule has 0 spiro atoms. The number of hydrogen-bond donors (Lipinski definition) is 1. The van der Waals surface area contributed by atoms with Crippen LogP contribution in [0.5, 0.6) is 0 Å². The lowest BCUT2D eigenvalue weighted by atomic mass is 10.1. The first-order chi connectivity index (χ1) is 10.1. The Hall–Kier alpha value is -2.62. The molecule has 3 aromatic rings. The van der Waals surface area contributed by atoms with E-state index >= 15 is 0 Å². The molecular formula is C17H16FN3. The van der Waals surface area contributed by atoms with Crippen LogP contribution in [0.2, 0.25) is 0 Å². The van der Waals surface area contributed by atoms with E-state index < -0.39 is 0 Å². The van der Waals surface area contributed by atoms with Gasteiger partial charge < -0.3 is 10.3 Å². The smallest absolute Gasteiger partial charge is 0.140 e. The lowest BCUT2D eigenvalue weighted by molar-refractivity contribution is 0.600. The number of rotatable bonds is 3. The first kappa shape index (κ1) is 13.4. The number of nitrogens with two attached hydrogens (primary N) is 1. The molecule has 0 aliphatic carbocycles. The average molecular weight is 281 g/mol. The van der Waals surface area contributed by atoms with E-state index in [-0.39, 0.29) is 5.82 Å². The zero-order valence-electron chi connectivity index (χ0n) is 11.8. The average Bonchev–Trinajstić information content (AvgIpc) is 2.83. The summed E-state index contributed by atoms with van der Waals surface area (Å²) in [5.74, 6) is 0.614. The molecule has 0 atom stereocenters. The third-order valence-corrected chi connectivity index (χ3v) is 3.36. The van der Waals surface area contributed by atoms with E-state index in [0.29, 0.717) is 17.8 Å². The van der Waals surface area contributed by atoms with Gasteiger partial charge in [-0.25, -0.2) is 9.37 Å². The Morgan fingerprint density at radius 2 is 1.81 bits per heavy atom. The zero-order chi connectivity index (χ0) is 14.8. The van der Waals surface area contributed by atoms with E-state index in [2.05, 4.69) is 4.98 Å². The van der Waals surface area contributed by atoms with Crippen LogP contribution >= 0.6 is 0 Å². The van der Waals surface area contributed by atoms with Gasteiger partial charge in [-0.2, -0.15) is 0 Å². The summed E-state index contributed by atoms with van der Waals surface area (Å²) < 4.78 is 15.8. The van der Waals surface area contributed by atoms with Crippen molar-refractivity contribution in [2.24, 2.45) is 0 Å². The predicted molar refractivity (Wildman–Crippen MR) is 82.3 cm³/mol. The molecule has 0 radical (unpaired) electrons. The first-order valence-corrected chi connectivity index (χ1v) is 6.76. The highest BCUT2D eigenvalue weighted by molar-refractivity contribution is 5.59. The lowest BCUT2D eigenvalue weighted by Gasteiger charge is -2.09. The minimum atomic E-state index is -0.202. The van der Waals surface area contributed by atoms with Crippen LogP contribution in [0.25, 0.3) is 11.4 Å². The van der Waals surface area contributed by atoms with Crippen molar-refractivity contribution >= 4 is 5.69 Å². The molecule has 106 valence electrons. The number of anilines is 1. The van der Waals surface area contributed by atoms with Gasteiger partial charge >= 0.3 is 0 Å². The number of nitrogen functional groups attached to an aromatic ring is 1. The molecular weight excluding hydrogens is 265 g/mol. The molecule has 0 aliphatic heterocycles. The predicted octanol–water partition coefficient (Wildman–Crippen LogP) is 3.63. The SMILES string of the molecule is Cc1cn(Cc2ccccc2F)c(-c2ccc(N)cc2)n1. The summed E-state index contributed by atoms with van der Waals surface area (Å²) in [5, 5.41) is 0. The maximum atomic E-state index is 13.8.